The Morgan fingerprint density at radius 1 is 1.57 bits per heavy atom. The Kier molecular flexibility index (Phi) is 6.01. The van der Waals surface area contributed by atoms with E-state index in [0.717, 1.165) is 31.9 Å². The van der Waals surface area contributed by atoms with E-state index in [-0.39, 0.29) is 12.1 Å². The highest BCUT2D eigenvalue weighted by atomic mass is 16.5. The van der Waals surface area contributed by atoms with Crippen LogP contribution in [0.3, 0.4) is 0 Å². The Labute approximate surface area is 125 Å². The van der Waals surface area contributed by atoms with Crippen molar-refractivity contribution in [3.8, 4) is 0 Å². The van der Waals surface area contributed by atoms with Crippen molar-refractivity contribution in [1.82, 2.24) is 25.7 Å². The minimum atomic E-state index is -0.186. The maximum atomic E-state index is 11.7. The van der Waals surface area contributed by atoms with Crippen LogP contribution >= 0.6 is 0 Å². The Balaban J connectivity index is 1.63. The molecule has 0 radical (unpaired) electrons. The molecule has 21 heavy (non-hydrogen) atoms. The van der Waals surface area contributed by atoms with E-state index in [0.29, 0.717) is 19.0 Å². The van der Waals surface area contributed by atoms with E-state index >= 15 is 0 Å². The maximum absolute atomic E-state index is 11.7. The van der Waals surface area contributed by atoms with Crippen molar-refractivity contribution >= 4 is 6.03 Å². The van der Waals surface area contributed by atoms with Gasteiger partial charge in [-0.2, -0.15) is 5.10 Å². The number of carbonyl (C=O) groups is 1. The minimum Gasteiger partial charge on any atom is -0.374 e. The standard InChI is InChI=1S/C14H25N5O2/c1-11(2)9-19-5-6-21-13(10-19)8-16-14(20)15-7-12-3-4-17-18-12/h3-4,11,13H,5-10H2,1-2H3,(H,17,18)(H2,15,16,20)/t13-/m1/s1. The smallest absolute Gasteiger partial charge is 0.315 e. The number of aromatic amines is 1. The quantitative estimate of drug-likeness (QED) is 0.716. The van der Waals surface area contributed by atoms with Crippen molar-refractivity contribution in [3.05, 3.63) is 18.0 Å². The molecular weight excluding hydrogens is 270 g/mol. The fourth-order valence-corrected chi connectivity index (χ4v) is 2.41. The summed E-state index contributed by atoms with van der Waals surface area (Å²) in [5.41, 5.74) is 0.877. The van der Waals surface area contributed by atoms with Crippen LogP contribution in [0.2, 0.25) is 0 Å². The molecule has 2 rings (SSSR count). The number of ether oxygens (including phenoxy) is 1. The molecule has 1 aliphatic rings. The van der Waals surface area contributed by atoms with Gasteiger partial charge < -0.3 is 15.4 Å². The van der Waals surface area contributed by atoms with Gasteiger partial charge in [0.2, 0.25) is 0 Å². The zero-order chi connectivity index (χ0) is 15.1. The second-order valence-electron chi connectivity index (χ2n) is 5.79. The molecule has 7 nitrogen and oxygen atoms in total. The number of morpholine rings is 1. The summed E-state index contributed by atoms with van der Waals surface area (Å²) in [6.07, 6.45) is 1.73. The molecule has 0 saturated carbocycles. The number of urea groups is 1. The highest BCUT2D eigenvalue weighted by Crippen LogP contribution is 2.07. The van der Waals surface area contributed by atoms with Crippen LogP contribution in [0.15, 0.2) is 12.3 Å². The van der Waals surface area contributed by atoms with Crippen LogP contribution in [0.4, 0.5) is 4.79 Å². The summed E-state index contributed by atoms with van der Waals surface area (Å²) in [4.78, 5) is 14.1. The third-order valence-corrected chi connectivity index (χ3v) is 3.33. The first-order valence-electron chi connectivity index (χ1n) is 7.47. The van der Waals surface area contributed by atoms with Gasteiger partial charge in [-0.05, 0) is 12.0 Å². The summed E-state index contributed by atoms with van der Waals surface area (Å²) >= 11 is 0. The number of aromatic nitrogens is 2. The van der Waals surface area contributed by atoms with Crippen LogP contribution in [0.5, 0.6) is 0 Å². The molecule has 1 aromatic rings. The Bertz CT molecular complexity index is 421. The van der Waals surface area contributed by atoms with Crippen LogP contribution in [0, 0.1) is 5.92 Å². The van der Waals surface area contributed by atoms with Gasteiger partial charge in [-0.15, -0.1) is 0 Å². The van der Waals surface area contributed by atoms with Crippen molar-refractivity contribution in [1.29, 1.82) is 0 Å². The van der Waals surface area contributed by atoms with Gasteiger partial charge in [-0.25, -0.2) is 4.79 Å². The van der Waals surface area contributed by atoms with Crippen molar-refractivity contribution in [2.75, 3.05) is 32.8 Å². The second kappa shape index (κ2) is 7.99. The summed E-state index contributed by atoms with van der Waals surface area (Å²) in [6, 6.07) is 1.64. The van der Waals surface area contributed by atoms with E-state index in [9.17, 15) is 4.79 Å². The lowest BCUT2D eigenvalue weighted by atomic mass is 10.2. The van der Waals surface area contributed by atoms with Crippen LogP contribution in [0.1, 0.15) is 19.5 Å². The van der Waals surface area contributed by atoms with Crippen molar-refractivity contribution < 1.29 is 9.53 Å². The largest absolute Gasteiger partial charge is 0.374 e. The van der Waals surface area contributed by atoms with Crippen LogP contribution < -0.4 is 10.6 Å². The molecule has 7 heteroatoms. The number of nitrogens with zero attached hydrogens (tertiary/aromatic N) is 2. The summed E-state index contributed by atoms with van der Waals surface area (Å²) in [7, 11) is 0. The highest BCUT2D eigenvalue weighted by molar-refractivity contribution is 5.73. The van der Waals surface area contributed by atoms with E-state index in [4.69, 9.17) is 4.74 Å². The fourth-order valence-electron chi connectivity index (χ4n) is 2.41. The molecule has 2 amide bonds. The molecule has 1 aromatic heterocycles. The zero-order valence-corrected chi connectivity index (χ0v) is 12.8. The molecule has 0 bridgehead atoms. The Morgan fingerprint density at radius 2 is 2.43 bits per heavy atom. The van der Waals surface area contributed by atoms with Crippen LogP contribution in [-0.2, 0) is 11.3 Å². The topological polar surface area (TPSA) is 82.3 Å². The van der Waals surface area contributed by atoms with Gasteiger partial charge in [0.05, 0.1) is 24.9 Å². The molecule has 3 N–H and O–H groups in total. The third-order valence-electron chi connectivity index (χ3n) is 3.33. The van der Waals surface area contributed by atoms with Gasteiger partial charge >= 0.3 is 6.03 Å². The van der Waals surface area contributed by atoms with Crippen LogP contribution in [0.25, 0.3) is 0 Å². The van der Waals surface area contributed by atoms with Gasteiger partial charge in [-0.3, -0.25) is 10.00 Å². The first-order valence-corrected chi connectivity index (χ1v) is 7.47. The Hall–Kier alpha value is -1.60. The van der Waals surface area contributed by atoms with Gasteiger partial charge in [0.25, 0.3) is 0 Å². The minimum absolute atomic E-state index is 0.0652. The monoisotopic (exact) mass is 295 g/mol. The molecule has 0 spiro atoms. The average Bonchev–Trinajstić information content (AvgIpc) is 2.96. The fraction of sp³-hybridized carbons (Fsp3) is 0.714. The third kappa shape index (κ3) is 5.73. The summed E-state index contributed by atoms with van der Waals surface area (Å²) in [5, 5.41) is 12.3. The predicted octanol–water partition coefficient (Wildman–Crippen LogP) is 0.566. The molecule has 0 unspecified atom stereocenters. The van der Waals surface area contributed by atoms with E-state index < -0.39 is 0 Å². The van der Waals surface area contributed by atoms with Gasteiger partial charge in [0.15, 0.2) is 0 Å². The SMILES string of the molecule is CC(C)CN1CCO[C@H](CNC(=O)NCc2ccn[nH]2)C1. The predicted molar refractivity (Wildman–Crippen MR) is 79.8 cm³/mol. The molecule has 2 heterocycles. The van der Waals surface area contributed by atoms with E-state index in [2.05, 4.69) is 39.6 Å². The normalized spacial score (nSPS) is 19.7. The van der Waals surface area contributed by atoms with Crippen molar-refractivity contribution in [2.24, 2.45) is 5.92 Å². The molecular formula is C14H25N5O2. The number of carbonyl (C=O) groups excluding carboxylic acids is 1. The number of nitrogens with one attached hydrogen (secondary N) is 3. The maximum Gasteiger partial charge on any atom is 0.315 e. The molecule has 118 valence electrons. The molecule has 1 fully saturated rings. The van der Waals surface area contributed by atoms with Gasteiger partial charge in [-0.1, -0.05) is 13.8 Å². The molecule has 1 saturated heterocycles. The van der Waals surface area contributed by atoms with E-state index in [1.54, 1.807) is 6.20 Å². The average molecular weight is 295 g/mol. The van der Waals surface area contributed by atoms with Gasteiger partial charge in [0.1, 0.15) is 0 Å². The van der Waals surface area contributed by atoms with E-state index in [1.165, 1.54) is 0 Å². The number of rotatable bonds is 6. The number of H-pyrrole nitrogens is 1. The summed E-state index contributed by atoms with van der Waals surface area (Å²) in [6.45, 7) is 9.05. The summed E-state index contributed by atoms with van der Waals surface area (Å²) in [5.74, 6) is 0.648. The number of amides is 2. The molecule has 1 aliphatic heterocycles. The lowest BCUT2D eigenvalue weighted by molar-refractivity contribution is -0.0290. The first-order chi connectivity index (χ1) is 10.1. The lowest BCUT2D eigenvalue weighted by Crippen LogP contribution is -2.49. The van der Waals surface area contributed by atoms with Gasteiger partial charge in [0, 0.05) is 32.4 Å². The zero-order valence-electron chi connectivity index (χ0n) is 12.8. The lowest BCUT2D eigenvalue weighted by Gasteiger charge is -2.33. The van der Waals surface area contributed by atoms with Crippen molar-refractivity contribution in [3.63, 3.8) is 0 Å². The summed E-state index contributed by atoms with van der Waals surface area (Å²) < 4.78 is 5.69. The second-order valence-corrected chi connectivity index (χ2v) is 5.79. The van der Waals surface area contributed by atoms with Crippen LogP contribution in [-0.4, -0.2) is 60.0 Å². The number of hydrogen-bond acceptors (Lipinski definition) is 4. The molecule has 0 aromatic carbocycles. The number of hydrogen-bond donors (Lipinski definition) is 3. The van der Waals surface area contributed by atoms with Crippen molar-refractivity contribution in [2.45, 2.75) is 26.5 Å². The van der Waals surface area contributed by atoms with E-state index in [1.807, 2.05) is 6.07 Å². The molecule has 1 atom stereocenters. The Morgan fingerprint density at radius 3 is 3.14 bits per heavy atom. The molecule has 0 aliphatic carbocycles. The highest BCUT2D eigenvalue weighted by Gasteiger charge is 2.21. The first kappa shape index (κ1) is 15.8.